The molecule has 0 aromatic carbocycles. The molecular formula is C14H17BrN4. The first-order valence-electron chi connectivity index (χ1n) is 6.64. The van der Waals surface area contributed by atoms with Gasteiger partial charge in [0, 0.05) is 41.7 Å². The molecule has 2 heterocycles. The Morgan fingerprint density at radius 1 is 1.37 bits per heavy atom. The number of hydrogen-bond donors (Lipinski definition) is 1. The van der Waals surface area contributed by atoms with Crippen molar-refractivity contribution in [2.75, 3.05) is 0 Å². The number of imidazole rings is 1. The van der Waals surface area contributed by atoms with Crippen LogP contribution in [0.5, 0.6) is 0 Å². The number of aromatic nitrogens is 3. The maximum atomic E-state index is 4.40. The molecule has 2 unspecified atom stereocenters. The smallest absolute Gasteiger partial charge is 0.0949 e. The summed E-state index contributed by atoms with van der Waals surface area (Å²) in [7, 11) is 0. The van der Waals surface area contributed by atoms with Gasteiger partial charge in [0.1, 0.15) is 0 Å². The first-order chi connectivity index (χ1) is 9.33. The monoisotopic (exact) mass is 320 g/mol. The summed E-state index contributed by atoms with van der Waals surface area (Å²) >= 11 is 3.41. The van der Waals surface area contributed by atoms with Gasteiger partial charge in [0.2, 0.25) is 0 Å². The SMILES string of the molecule is Brc1ccc(CNC2CCCC2n2ccnc2)nc1. The summed E-state index contributed by atoms with van der Waals surface area (Å²) in [5, 5.41) is 3.63. The Morgan fingerprint density at radius 3 is 3.05 bits per heavy atom. The van der Waals surface area contributed by atoms with Crippen molar-refractivity contribution in [1.82, 2.24) is 19.9 Å². The van der Waals surface area contributed by atoms with E-state index in [1.807, 2.05) is 24.8 Å². The van der Waals surface area contributed by atoms with E-state index in [1.165, 1.54) is 19.3 Å². The Morgan fingerprint density at radius 2 is 2.32 bits per heavy atom. The van der Waals surface area contributed by atoms with Crippen LogP contribution in [0.1, 0.15) is 31.0 Å². The van der Waals surface area contributed by atoms with Crippen molar-refractivity contribution in [3.05, 3.63) is 47.2 Å². The van der Waals surface area contributed by atoms with Crippen molar-refractivity contribution in [1.29, 1.82) is 0 Å². The van der Waals surface area contributed by atoms with Crippen molar-refractivity contribution >= 4 is 15.9 Å². The number of halogens is 1. The van der Waals surface area contributed by atoms with E-state index in [0.717, 1.165) is 16.7 Å². The van der Waals surface area contributed by atoms with Gasteiger partial charge in [-0.05, 0) is 47.3 Å². The first-order valence-corrected chi connectivity index (χ1v) is 7.43. The minimum absolute atomic E-state index is 0.514. The fourth-order valence-corrected chi connectivity index (χ4v) is 2.98. The van der Waals surface area contributed by atoms with Crippen LogP contribution in [-0.2, 0) is 6.54 Å². The summed E-state index contributed by atoms with van der Waals surface area (Å²) in [6.45, 7) is 0.823. The molecule has 1 fully saturated rings. The lowest BCUT2D eigenvalue weighted by atomic mass is 10.1. The van der Waals surface area contributed by atoms with Crippen molar-refractivity contribution in [2.24, 2.45) is 0 Å². The summed E-state index contributed by atoms with van der Waals surface area (Å²) in [5.41, 5.74) is 1.08. The van der Waals surface area contributed by atoms with Crippen LogP contribution < -0.4 is 5.32 Å². The third-order valence-electron chi connectivity index (χ3n) is 3.72. The van der Waals surface area contributed by atoms with Gasteiger partial charge in [-0.3, -0.25) is 4.98 Å². The van der Waals surface area contributed by atoms with Crippen LogP contribution in [0.3, 0.4) is 0 Å². The molecule has 2 atom stereocenters. The number of pyridine rings is 1. The zero-order valence-corrected chi connectivity index (χ0v) is 12.3. The van der Waals surface area contributed by atoms with Gasteiger partial charge in [-0.1, -0.05) is 0 Å². The lowest BCUT2D eigenvalue weighted by Crippen LogP contribution is -2.33. The van der Waals surface area contributed by atoms with E-state index in [4.69, 9.17) is 0 Å². The molecule has 2 aromatic rings. The fourth-order valence-electron chi connectivity index (χ4n) is 2.75. The van der Waals surface area contributed by atoms with Gasteiger partial charge in [0.25, 0.3) is 0 Å². The van der Waals surface area contributed by atoms with Gasteiger partial charge in [-0.25, -0.2) is 4.98 Å². The molecule has 1 N–H and O–H groups in total. The van der Waals surface area contributed by atoms with Crippen LogP contribution in [0, 0.1) is 0 Å². The summed E-state index contributed by atoms with van der Waals surface area (Å²) in [6, 6.07) is 5.13. The Labute approximate surface area is 121 Å². The van der Waals surface area contributed by atoms with E-state index in [0.29, 0.717) is 12.1 Å². The average Bonchev–Trinajstić information content (AvgIpc) is 3.08. The van der Waals surface area contributed by atoms with Gasteiger partial charge in [0.15, 0.2) is 0 Å². The number of nitrogens with zero attached hydrogens (tertiary/aromatic N) is 3. The molecule has 3 rings (SSSR count). The van der Waals surface area contributed by atoms with Crippen LogP contribution in [0.2, 0.25) is 0 Å². The van der Waals surface area contributed by atoms with Gasteiger partial charge in [-0.15, -0.1) is 0 Å². The topological polar surface area (TPSA) is 42.7 Å². The zero-order chi connectivity index (χ0) is 13.1. The quantitative estimate of drug-likeness (QED) is 0.941. The molecule has 0 saturated heterocycles. The Kier molecular flexibility index (Phi) is 3.94. The van der Waals surface area contributed by atoms with Gasteiger partial charge < -0.3 is 9.88 Å². The van der Waals surface area contributed by atoms with Gasteiger partial charge in [-0.2, -0.15) is 0 Å². The Bertz CT molecular complexity index is 509. The first kappa shape index (κ1) is 12.8. The predicted molar refractivity (Wildman–Crippen MR) is 77.7 cm³/mol. The fraction of sp³-hybridized carbons (Fsp3) is 0.429. The molecule has 2 aromatic heterocycles. The molecule has 1 aliphatic rings. The zero-order valence-electron chi connectivity index (χ0n) is 10.7. The Hall–Kier alpha value is -1.20. The second-order valence-corrected chi connectivity index (χ2v) is 5.88. The van der Waals surface area contributed by atoms with E-state index in [2.05, 4.69) is 48.0 Å². The molecule has 4 nitrogen and oxygen atoms in total. The van der Waals surface area contributed by atoms with Crippen molar-refractivity contribution in [3.63, 3.8) is 0 Å². The normalized spacial score (nSPS) is 22.8. The van der Waals surface area contributed by atoms with Crippen LogP contribution in [0.4, 0.5) is 0 Å². The van der Waals surface area contributed by atoms with Gasteiger partial charge >= 0.3 is 0 Å². The Balaban J connectivity index is 1.61. The summed E-state index contributed by atoms with van der Waals surface area (Å²) in [5.74, 6) is 0. The molecule has 0 bridgehead atoms. The molecule has 0 spiro atoms. The molecule has 0 amide bonds. The highest BCUT2D eigenvalue weighted by Crippen LogP contribution is 2.30. The second kappa shape index (κ2) is 5.84. The third-order valence-corrected chi connectivity index (χ3v) is 4.19. The van der Waals surface area contributed by atoms with Crippen LogP contribution in [0.15, 0.2) is 41.5 Å². The van der Waals surface area contributed by atoms with E-state index in [-0.39, 0.29) is 0 Å². The predicted octanol–water partition coefficient (Wildman–Crippen LogP) is 2.92. The molecule has 100 valence electrons. The summed E-state index contributed by atoms with van der Waals surface area (Å²) < 4.78 is 3.24. The van der Waals surface area contributed by atoms with Gasteiger partial charge in [0.05, 0.1) is 12.0 Å². The minimum atomic E-state index is 0.514. The lowest BCUT2D eigenvalue weighted by molar-refractivity contribution is 0.389. The number of hydrogen-bond acceptors (Lipinski definition) is 3. The maximum absolute atomic E-state index is 4.40. The van der Waals surface area contributed by atoms with E-state index in [9.17, 15) is 0 Å². The molecule has 0 radical (unpaired) electrons. The average molecular weight is 321 g/mol. The maximum Gasteiger partial charge on any atom is 0.0949 e. The largest absolute Gasteiger partial charge is 0.333 e. The van der Waals surface area contributed by atoms with E-state index < -0.39 is 0 Å². The lowest BCUT2D eigenvalue weighted by Gasteiger charge is -2.22. The number of nitrogens with one attached hydrogen (secondary N) is 1. The number of rotatable bonds is 4. The van der Waals surface area contributed by atoms with Crippen molar-refractivity contribution < 1.29 is 0 Å². The van der Waals surface area contributed by atoms with Crippen molar-refractivity contribution in [3.8, 4) is 0 Å². The van der Waals surface area contributed by atoms with Crippen LogP contribution in [0.25, 0.3) is 0 Å². The third kappa shape index (κ3) is 3.04. The van der Waals surface area contributed by atoms with E-state index >= 15 is 0 Å². The molecule has 1 aliphatic carbocycles. The van der Waals surface area contributed by atoms with Crippen LogP contribution in [-0.4, -0.2) is 20.6 Å². The molecule has 0 aliphatic heterocycles. The highest BCUT2D eigenvalue weighted by atomic mass is 79.9. The highest BCUT2D eigenvalue weighted by molar-refractivity contribution is 9.10. The second-order valence-electron chi connectivity index (χ2n) is 4.96. The summed E-state index contributed by atoms with van der Waals surface area (Å²) in [4.78, 5) is 8.55. The highest BCUT2D eigenvalue weighted by Gasteiger charge is 2.27. The summed E-state index contributed by atoms with van der Waals surface area (Å²) in [6.07, 6.45) is 11.4. The molecule has 1 saturated carbocycles. The molecular weight excluding hydrogens is 304 g/mol. The molecule has 5 heteroatoms. The molecule has 19 heavy (non-hydrogen) atoms. The van der Waals surface area contributed by atoms with E-state index in [1.54, 1.807) is 0 Å². The van der Waals surface area contributed by atoms with Crippen molar-refractivity contribution in [2.45, 2.75) is 37.9 Å². The van der Waals surface area contributed by atoms with Crippen LogP contribution >= 0.6 is 15.9 Å². The standard InChI is InChI=1S/C14H17BrN4/c15-11-4-5-12(17-8-11)9-18-13-2-1-3-14(13)19-7-6-16-10-19/h4-8,10,13-14,18H,1-3,9H2. The minimum Gasteiger partial charge on any atom is -0.333 e.